The molecule has 3 aliphatic heterocycles. The Morgan fingerprint density at radius 2 is 1.98 bits per heavy atom. The van der Waals surface area contributed by atoms with Crippen molar-refractivity contribution in [2.24, 2.45) is 5.92 Å². The van der Waals surface area contributed by atoms with E-state index in [2.05, 4.69) is 19.9 Å². The van der Waals surface area contributed by atoms with Crippen molar-refractivity contribution in [2.75, 3.05) is 44.7 Å². The summed E-state index contributed by atoms with van der Waals surface area (Å²) >= 11 is 0. The Bertz CT molecular complexity index is 1960. The number of pyridine rings is 1. The summed E-state index contributed by atoms with van der Waals surface area (Å²) in [5.74, 6) is -2.26. The van der Waals surface area contributed by atoms with Gasteiger partial charge in [0.25, 0.3) is 0 Å². The number of phenolic OH excluding ortho intramolecular Hbond substituents is 1. The van der Waals surface area contributed by atoms with Crippen molar-refractivity contribution in [2.45, 2.75) is 57.7 Å². The molecule has 3 saturated heterocycles. The molecule has 0 bridgehead atoms. The van der Waals surface area contributed by atoms with E-state index in [-0.39, 0.29) is 58.9 Å². The summed E-state index contributed by atoms with van der Waals surface area (Å²) in [5.41, 5.74) is -0.153. The molecule has 4 aromatic rings. The lowest BCUT2D eigenvalue weighted by Crippen LogP contribution is -2.43. The van der Waals surface area contributed by atoms with Gasteiger partial charge in [0.1, 0.15) is 41.4 Å². The average Bonchev–Trinajstić information content (AvgIpc) is 3.78. The standard InChI is InChI=1S/C35H37F3N6O4/c1-4-24-27(37)7-6-20-12-23(46)13-25(28(20)24)30-29(38)31-26(15-39-30)32(43-11-8-21(16-43)33(47)42(3)19(2)45)41-34(40-31)48-18-35-9-5-10-44(35)17-22(36)14-35/h6-7,12-13,15,21-22,46H,4-5,8-11,14,16-18H2,1-3H3/t21?,22-,35+/m1/s1. The zero-order valence-electron chi connectivity index (χ0n) is 27.1. The number of benzene rings is 2. The number of imide groups is 1. The Hall–Kier alpha value is -4.52. The molecule has 48 heavy (non-hydrogen) atoms. The quantitative estimate of drug-likeness (QED) is 0.286. The molecule has 1 unspecified atom stereocenters. The lowest BCUT2D eigenvalue weighted by Gasteiger charge is -2.31. The molecule has 13 heteroatoms. The number of hydrogen-bond acceptors (Lipinski definition) is 9. The maximum absolute atomic E-state index is 16.8. The van der Waals surface area contributed by atoms with Gasteiger partial charge in [-0.1, -0.05) is 13.0 Å². The molecule has 0 radical (unpaired) electrons. The molecule has 0 spiro atoms. The highest BCUT2D eigenvalue weighted by molar-refractivity contribution is 6.02. The highest BCUT2D eigenvalue weighted by Crippen LogP contribution is 2.42. The van der Waals surface area contributed by atoms with Gasteiger partial charge in [0.15, 0.2) is 5.82 Å². The van der Waals surface area contributed by atoms with Crippen molar-refractivity contribution in [3.05, 3.63) is 47.7 Å². The molecule has 3 aliphatic rings. The minimum atomic E-state index is -0.963. The van der Waals surface area contributed by atoms with E-state index in [0.717, 1.165) is 24.3 Å². The van der Waals surface area contributed by atoms with E-state index in [4.69, 9.17) is 4.74 Å². The van der Waals surface area contributed by atoms with Gasteiger partial charge in [-0.25, -0.2) is 13.2 Å². The van der Waals surface area contributed by atoms with Gasteiger partial charge in [-0.3, -0.25) is 24.4 Å². The number of amides is 2. The minimum Gasteiger partial charge on any atom is -0.508 e. The minimum absolute atomic E-state index is 0.0999. The molecule has 0 aliphatic carbocycles. The highest BCUT2D eigenvalue weighted by atomic mass is 19.1. The summed E-state index contributed by atoms with van der Waals surface area (Å²) in [6, 6.07) is 5.60. The van der Waals surface area contributed by atoms with Crippen LogP contribution in [0, 0.1) is 17.6 Å². The third kappa shape index (κ3) is 5.37. The van der Waals surface area contributed by atoms with E-state index >= 15 is 4.39 Å². The Labute approximate surface area is 275 Å². The lowest BCUT2D eigenvalue weighted by atomic mass is 9.94. The molecule has 3 fully saturated rings. The van der Waals surface area contributed by atoms with Crippen molar-refractivity contribution < 1.29 is 32.6 Å². The normalized spacial score (nSPS) is 22.5. The molecule has 7 rings (SSSR count). The van der Waals surface area contributed by atoms with Gasteiger partial charge in [-0.15, -0.1) is 0 Å². The number of nitrogens with zero attached hydrogens (tertiary/aromatic N) is 6. The van der Waals surface area contributed by atoms with E-state index in [1.54, 1.807) is 6.92 Å². The van der Waals surface area contributed by atoms with Crippen LogP contribution >= 0.6 is 0 Å². The number of aryl methyl sites for hydroxylation is 1. The first-order valence-corrected chi connectivity index (χ1v) is 16.4. The SMILES string of the molecule is CCc1c(F)ccc2cc(O)cc(-c3ncc4c(N5CCC(C(=O)N(C)C(C)=O)C5)nc(OC[C@@]56CCCN5C[C@H](F)C6)nc4c3F)c12. The summed E-state index contributed by atoms with van der Waals surface area (Å²) in [6.07, 6.45) is 3.25. The summed E-state index contributed by atoms with van der Waals surface area (Å²) in [6.45, 7) is 4.98. The molecule has 10 nitrogen and oxygen atoms in total. The number of ether oxygens (including phenoxy) is 1. The van der Waals surface area contributed by atoms with Crippen molar-refractivity contribution in [3.63, 3.8) is 0 Å². The highest BCUT2D eigenvalue weighted by Gasteiger charge is 2.49. The molecule has 2 aromatic heterocycles. The fourth-order valence-electron chi connectivity index (χ4n) is 7.78. The number of anilines is 1. The van der Waals surface area contributed by atoms with Gasteiger partial charge >= 0.3 is 6.01 Å². The molecular formula is C35H37F3N6O4. The summed E-state index contributed by atoms with van der Waals surface area (Å²) in [5, 5.41) is 11.8. The third-order valence-corrected chi connectivity index (χ3v) is 10.3. The second kappa shape index (κ2) is 12.2. The number of carbonyl (C=O) groups is 2. The van der Waals surface area contributed by atoms with Crippen LogP contribution in [0.1, 0.15) is 45.1 Å². The zero-order chi connectivity index (χ0) is 33.9. The van der Waals surface area contributed by atoms with Gasteiger partial charge in [0.05, 0.1) is 16.8 Å². The van der Waals surface area contributed by atoms with Crippen LogP contribution in [0.3, 0.4) is 0 Å². The zero-order valence-corrected chi connectivity index (χ0v) is 27.1. The summed E-state index contributed by atoms with van der Waals surface area (Å²) < 4.78 is 52.5. The van der Waals surface area contributed by atoms with Crippen molar-refractivity contribution in [3.8, 4) is 23.0 Å². The summed E-state index contributed by atoms with van der Waals surface area (Å²) in [7, 11) is 1.44. The first kappa shape index (κ1) is 32.0. The smallest absolute Gasteiger partial charge is 0.319 e. The Morgan fingerprint density at radius 1 is 1.17 bits per heavy atom. The van der Waals surface area contributed by atoms with E-state index in [1.165, 1.54) is 44.4 Å². The van der Waals surface area contributed by atoms with Crippen LogP contribution in [0.5, 0.6) is 11.8 Å². The third-order valence-electron chi connectivity index (χ3n) is 10.3. The molecule has 3 atom stereocenters. The largest absolute Gasteiger partial charge is 0.508 e. The monoisotopic (exact) mass is 662 g/mol. The van der Waals surface area contributed by atoms with Crippen LogP contribution in [0.2, 0.25) is 0 Å². The van der Waals surface area contributed by atoms with Gasteiger partial charge in [-0.05, 0) is 66.8 Å². The summed E-state index contributed by atoms with van der Waals surface area (Å²) in [4.78, 5) is 43.6. The predicted molar refractivity (Wildman–Crippen MR) is 174 cm³/mol. The first-order valence-electron chi connectivity index (χ1n) is 16.4. The van der Waals surface area contributed by atoms with Crippen LogP contribution in [0.25, 0.3) is 32.9 Å². The van der Waals surface area contributed by atoms with Gasteiger partial charge in [-0.2, -0.15) is 9.97 Å². The Kier molecular flexibility index (Phi) is 8.13. The number of aromatic nitrogens is 3. The van der Waals surface area contributed by atoms with Crippen LogP contribution in [0.4, 0.5) is 19.0 Å². The molecule has 252 valence electrons. The number of fused-ring (bicyclic) bond motifs is 3. The van der Waals surface area contributed by atoms with Crippen molar-refractivity contribution >= 4 is 39.3 Å². The van der Waals surface area contributed by atoms with Crippen molar-refractivity contribution in [1.29, 1.82) is 0 Å². The number of rotatable bonds is 7. The Morgan fingerprint density at radius 3 is 2.75 bits per heavy atom. The lowest BCUT2D eigenvalue weighted by molar-refractivity contribution is -0.144. The van der Waals surface area contributed by atoms with E-state index in [0.29, 0.717) is 54.5 Å². The molecule has 2 amide bonds. The van der Waals surface area contributed by atoms with Crippen LogP contribution in [0.15, 0.2) is 30.5 Å². The van der Waals surface area contributed by atoms with Gasteiger partial charge < -0.3 is 14.7 Å². The van der Waals surface area contributed by atoms with Gasteiger partial charge in [0, 0.05) is 51.8 Å². The predicted octanol–water partition coefficient (Wildman–Crippen LogP) is 5.18. The molecule has 2 aromatic carbocycles. The number of alkyl halides is 1. The number of aromatic hydroxyl groups is 1. The van der Waals surface area contributed by atoms with E-state index < -0.39 is 29.3 Å². The first-order chi connectivity index (χ1) is 23.0. The molecular weight excluding hydrogens is 625 g/mol. The number of phenols is 1. The topological polar surface area (TPSA) is 112 Å². The van der Waals surface area contributed by atoms with Gasteiger partial charge in [0.2, 0.25) is 11.8 Å². The average molecular weight is 663 g/mol. The van der Waals surface area contributed by atoms with E-state index in [9.17, 15) is 23.5 Å². The fraction of sp³-hybridized carbons (Fsp3) is 0.457. The maximum Gasteiger partial charge on any atom is 0.319 e. The maximum atomic E-state index is 16.8. The molecule has 0 saturated carbocycles. The van der Waals surface area contributed by atoms with Crippen molar-refractivity contribution in [1.82, 2.24) is 24.8 Å². The molecule has 5 heterocycles. The fourth-order valence-corrected chi connectivity index (χ4v) is 7.78. The van der Waals surface area contributed by atoms with E-state index in [1.807, 2.05) is 4.90 Å². The molecule has 1 N–H and O–H groups in total. The number of hydrogen-bond donors (Lipinski definition) is 1. The number of carbonyl (C=O) groups excluding carboxylic acids is 2. The van der Waals surface area contributed by atoms with Crippen LogP contribution < -0.4 is 9.64 Å². The number of halogens is 3. The van der Waals surface area contributed by atoms with Crippen LogP contribution in [-0.4, -0.2) is 93.2 Å². The second-order valence-corrected chi connectivity index (χ2v) is 13.2. The second-order valence-electron chi connectivity index (χ2n) is 13.2. The Balaban J connectivity index is 1.34. The van der Waals surface area contributed by atoms with Crippen LogP contribution in [-0.2, 0) is 16.0 Å².